The summed E-state index contributed by atoms with van der Waals surface area (Å²) < 4.78 is 7.78. The largest absolute Gasteiger partial charge is 0.437 e. The Bertz CT molecular complexity index is 994. The van der Waals surface area contributed by atoms with Crippen molar-refractivity contribution in [2.75, 3.05) is 0 Å². The zero-order valence-corrected chi connectivity index (χ0v) is 12.6. The van der Waals surface area contributed by atoms with Crippen LogP contribution in [0, 0.1) is 6.92 Å². The molecule has 0 fully saturated rings. The van der Waals surface area contributed by atoms with Crippen LogP contribution in [-0.2, 0) is 0 Å². The van der Waals surface area contributed by atoms with E-state index in [9.17, 15) is 0 Å². The SMILES string of the molecule is Cc1cc2nc(Oc3ccccc3Cl)c3ccccc3n2n1. The summed E-state index contributed by atoms with van der Waals surface area (Å²) in [5.41, 5.74) is 2.61. The number of hydrogen-bond donors (Lipinski definition) is 0. The molecule has 0 aliphatic heterocycles. The number of nitrogens with zero attached hydrogens (tertiary/aromatic N) is 3. The highest BCUT2D eigenvalue weighted by atomic mass is 35.5. The van der Waals surface area contributed by atoms with Gasteiger partial charge in [-0.2, -0.15) is 10.1 Å². The molecule has 0 aliphatic rings. The maximum Gasteiger partial charge on any atom is 0.230 e. The molecule has 0 saturated carbocycles. The number of benzene rings is 2. The van der Waals surface area contributed by atoms with E-state index in [2.05, 4.69) is 10.1 Å². The van der Waals surface area contributed by atoms with E-state index in [4.69, 9.17) is 16.3 Å². The van der Waals surface area contributed by atoms with Crippen LogP contribution in [0.2, 0.25) is 5.02 Å². The fraction of sp³-hybridized carbons (Fsp3) is 0.0588. The zero-order valence-electron chi connectivity index (χ0n) is 11.8. The third kappa shape index (κ3) is 2.09. The minimum absolute atomic E-state index is 0.524. The van der Waals surface area contributed by atoms with Gasteiger partial charge < -0.3 is 4.74 Å². The summed E-state index contributed by atoms with van der Waals surface area (Å²) in [5.74, 6) is 1.11. The number of halogens is 1. The van der Waals surface area contributed by atoms with Crippen molar-refractivity contribution in [3.63, 3.8) is 0 Å². The van der Waals surface area contributed by atoms with Gasteiger partial charge in [-0.1, -0.05) is 35.9 Å². The van der Waals surface area contributed by atoms with E-state index < -0.39 is 0 Å². The Kier molecular flexibility index (Phi) is 2.98. The van der Waals surface area contributed by atoms with E-state index in [-0.39, 0.29) is 0 Å². The molecular formula is C17H12ClN3O. The molecule has 4 rings (SSSR count). The van der Waals surface area contributed by atoms with E-state index in [1.807, 2.05) is 60.0 Å². The molecule has 5 heteroatoms. The monoisotopic (exact) mass is 309 g/mol. The first-order valence-electron chi connectivity index (χ1n) is 6.90. The van der Waals surface area contributed by atoms with Crippen LogP contribution in [0.1, 0.15) is 5.69 Å². The van der Waals surface area contributed by atoms with Crippen molar-refractivity contribution in [1.82, 2.24) is 14.6 Å². The fourth-order valence-electron chi connectivity index (χ4n) is 2.46. The summed E-state index contributed by atoms with van der Waals surface area (Å²) in [6.07, 6.45) is 0. The van der Waals surface area contributed by atoms with Gasteiger partial charge in [0, 0.05) is 6.07 Å². The molecule has 108 valence electrons. The summed E-state index contributed by atoms with van der Waals surface area (Å²) in [7, 11) is 0. The summed E-state index contributed by atoms with van der Waals surface area (Å²) in [5, 5.41) is 5.92. The van der Waals surface area contributed by atoms with Crippen LogP contribution >= 0.6 is 11.6 Å². The van der Waals surface area contributed by atoms with Gasteiger partial charge in [0.05, 0.1) is 21.6 Å². The molecule has 2 heterocycles. The Morgan fingerprint density at radius 2 is 1.82 bits per heavy atom. The van der Waals surface area contributed by atoms with Crippen LogP contribution in [-0.4, -0.2) is 14.6 Å². The number of aromatic nitrogens is 3. The molecule has 4 aromatic rings. The standard InChI is InChI=1S/C17H12ClN3O/c1-11-10-16-19-17(22-15-9-5-3-7-13(15)18)12-6-2-4-8-14(12)21(16)20-11/h2-10H,1H3. The third-order valence-corrected chi connectivity index (χ3v) is 3.75. The first-order chi connectivity index (χ1) is 10.7. The summed E-state index contributed by atoms with van der Waals surface area (Å²) in [4.78, 5) is 4.58. The third-order valence-electron chi connectivity index (χ3n) is 3.43. The Morgan fingerprint density at radius 1 is 1.05 bits per heavy atom. The first-order valence-corrected chi connectivity index (χ1v) is 7.28. The molecule has 22 heavy (non-hydrogen) atoms. The van der Waals surface area contributed by atoms with Crippen LogP contribution in [0.25, 0.3) is 16.6 Å². The van der Waals surface area contributed by atoms with Gasteiger partial charge in [-0.15, -0.1) is 0 Å². The normalized spacial score (nSPS) is 11.2. The summed E-state index contributed by atoms with van der Waals surface area (Å²) in [6, 6.07) is 17.2. The molecule has 0 bridgehead atoms. The number of hydrogen-bond acceptors (Lipinski definition) is 3. The molecule has 4 nitrogen and oxygen atoms in total. The van der Waals surface area contributed by atoms with Gasteiger partial charge in [-0.05, 0) is 31.2 Å². The van der Waals surface area contributed by atoms with E-state index in [1.54, 1.807) is 6.07 Å². The minimum Gasteiger partial charge on any atom is -0.437 e. The molecule has 2 aromatic carbocycles. The van der Waals surface area contributed by atoms with Crippen molar-refractivity contribution in [2.24, 2.45) is 0 Å². The molecule has 2 aromatic heterocycles. The van der Waals surface area contributed by atoms with Crippen LogP contribution in [0.4, 0.5) is 0 Å². The molecule has 0 aliphatic carbocycles. The molecule has 0 atom stereocenters. The number of rotatable bonds is 2. The average molecular weight is 310 g/mol. The molecule has 0 amide bonds. The van der Waals surface area contributed by atoms with E-state index >= 15 is 0 Å². The lowest BCUT2D eigenvalue weighted by Gasteiger charge is -2.10. The molecule has 0 radical (unpaired) electrons. The van der Waals surface area contributed by atoms with E-state index in [0.29, 0.717) is 16.7 Å². The highest BCUT2D eigenvalue weighted by Gasteiger charge is 2.12. The predicted molar refractivity (Wildman–Crippen MR) is 86.8 cm³/mol. The van der Waals surface area contributed by atoms with Crippen LogP contribution in [0.5, 0.6) is 11.6 Å². The quantitative estimate of drug-likeness (QED) is 0.541. The topological polar surface area (TPSA) is 39.4 Å². The second kappa shape index (κ2) is 5.00. The van der Waals surface area contributed by atoms with Gasteiger partial charge in [0.2, 0.25) is 5.88 Å². The Balaban J connectivity index is 1.97. The average Bonchev–Trinajstić information content (AvgIpc) is 2.90. The Hall–Kier alpha value is -2.59. The predicted octanol–water partition coefficient (Wildman–Crippen LogP) is 4.64. The van der Waals surface area contributed by atoms with Crippen LogP contribution < -0.4 is 4.74 Å². The second-order valence-electron chi connectivity index (χ2n) is 5.02. The van der Waals surface area contributed by atoms with Crippen molar-refractivity contribution in [1.29, 1.82) is 0 Å². The van der Waals surface area contributed by atoms with Crippen molar-refractivity contribution in [2.45, 2.75) is 6.92 Å². The Labute approximate surface area is 131 Å². The lowest BCUT2D eigenvalue weighted by molar-refractivity contribution is 0.470. The summed E-state index contributed by atoms with van der Waals surface area (Å²) in [6.45, 7) is 1.94. The number of aryl methyl sites for hydroxylation is 1. The maximum absolute atomic E-state index is 6.18. The van der Waals surface area contributed by atoms with Crippen LogP contribution in [0.15, 0.2) is 54.6 Å². The minimum atomic E-state index is 0.524. The molecule has 0 spiro atoms. The van der Waals surface area contributed by atoms with Crippen molar-refractivity contribution >= 4 is 28.2 Å². The number of ether oxygens (including phenoxy) is 1. The van der Waals surface area contributed by atoms with Gasteiger partial charge in [0.25, 0.3) is 0 Å². The molecule has 0 unspecified atom stereocenters. The smallest absolute Gasteiger partial charge is 0.230 e. The second-order valence-corrected chi connectivity index (χ2v) is 5.43. The van der Waals surface area contributed by atoms with E-state index in [0.717, 1.165) is 22.2 Å². The summed E-state index contributed by atoms with van der Waals surface area (Å²) >= 11 is 6.18. The molecular weight excluding hydrogens is 298 g/mol. The van der Waals surface area contributed by atoms with Gasteiger partial charge in [-0.25, -0.2) is 4.52 Å². The van der Waals surface area contributed by atoms with Crippen molar-refractivity contribution < 1.29 is 4.74 Å². The van der Waals surface area contributed by atoms with Crippen LogP contribution in [0.3, 0.4) is 0 Å². The molecule has 0 saturated heterocycles. The Morgan fingerprint density at radius 3 is 2.68 bits per heavy atom. The van der Waals surface area contributed by atoms with E-state index in [1.165, 1.54) is 0 Å². The number of fused-ring (bicyclic) bond motifs is 3. The van der Waals surface area contributed by atoms with Gasteiger partial charge >= 0.3 is 0 Å². The first kappa shape index (κ1) is 13.1. The maximum atomic E-state index is 6.18. The van der Waals surface area contributed by atoms with Gasteiger partial charge in [-0.3, -0.25) is 0 Å². The highest BCUT2D eigenvalue weighted by molar-refractivity contribution is 6.32. The van der Waals surface area contributed by atoms with Crippen molar-refractivity contribution in [3.05, 3.63) is 65.3 Å². The fourth-order valence-corrected chi connectivity index (χ4v) is 2.63. The van der Waals surface area contributed by atoms with Gasteiger partial charge in [0.1, 0.15) is 5.75 Å². The lowest BCUT2D eigenvalue weighted by Crippen LogP contribution is -1.97. The van der Waals surface area contributed by atoms with Crippen molar-refractivity contribution in [3.8, 4) is 11.6 Å². The van der Waals surface area contributed by atoms with Gasteiger partial charge in [0.15, 0.2) is 5.65 Å². The lowest BCUT2D eigenvalue weighted by atomic mass is 10.2. The molecule has 0 N–H and O–H groups in total. The number of para-hydroxylation sites is 2. The highest BCUT2D eigenvalue weighted by Crippen LogP contribution is 2.32. The zero-order chi connectivity index (χ0) is 15.1.